The molecule has 1 fully saturated rings. The van der Waals surface area contributed by atoms with Crippen LogP contribution in [0.2, 0.25) is 0 Å². The van der Waals surface area contributed by atoms with Crippen molar-refractivity contribution in [3.63, 3.8) is 0 Å². The normalized spacial score (nSPS) is 14.7. The number of hydrogen-bond acceptors (Lipinski definition) is 4. The second-order valence-corrected chi connectivity index (χ2v) is 6.87. The van der Waals surface area contributed by atoms with Gasteiger partial charge in [-0.1, -0.05) is 18.2 Å². The molecule has 0 bridgehead atoms. The molecule has 0 atom stereocenters. The van der Waals surface area contributed by atoms with Gasteiger partial charge in [-0.25, -0.2) is 4.79 Å². The summed E-state index contributed by atoms with van der Waals surface area (Å²) >= 11 is 0. The number of carbonyl (C=O) groups excluding carboxylic acids is 1. The fourth-order valence-electron chi connectivity index (χ4n) is 3.39. The summed E-state index contributed by atoms with van der Waals surface area (Å²) in [5, 5.41) is 6.89. The van der Waals surface area contributed by atoms with E-state index < -0.39 is 0 Å². The summed E-state index contributed by atoms with van der Waals surface area (Å²) in [7, 11) is 1.80. The van der Waals surface area contributed by atoms with Crippen molar-refractivity contribution in [2.45, 2.75) is 39.2 Å². The molecule has 1 aliphatic heterocycles. The van der Waals surface area contributed by atoms with Crippen LogP contribution in [-0.2, 0) is 4.74 Å². The number of benzene rings is 1. The molecule has 1 aliphatic rings. The molecule has 2 rings (SSSR count). The minimum Gasteiger partial charge on any atom is -0.450 e. The number of carbonyl (C=O) groups is 1. The lowest BCUT2D eigenvalue weighted by Gasteiger charge is -2.32. The van der Waals surface area contributed by atoms with E-state index in [-0.39, 0.29) is 30.1 Å². The van der Waals surface area contributed by atoms with Crippen LogP contribution in [0.4, 0.5) is 10.5 Å². The van der Waals surface area contributed by atoms with Gasteiger partial charge in [-0.2, -0.15) is 0 Å². The Hall–Kier alpha value is -1.71. The lowest BCUT2D eigenvalue weighted by atomic mass is 10.1. The van der Waals surface area contributed by atoms with Crippen LogP contribution >= 0.6 is 24.0 Å². The Morgan fingerprint density at radius 2 is 1.93 bits per heavy atom. The average Bonchev–Trinajstić information content (AvgIpc) is 2.74. The zero-order valence-electron chi connectivity index (χ0n) is 17.9. The van der Waals surface area contributed by atoms with E-state index in [9.17, 15) is 4.79 Å². The molecule has 2 N–H and O–H groups in total. The summed E-state index contributed by atoms with van der Waals surface area (Å²) in [6.45, 7) is 8.74. The third kappa shape index (κ3) is 8.67. The number of halogens is 1. The van der Waals surface area contributed by atoms with Crippen molar-refractivity contribution in [2.24, 2.45) is 4.99 Å². The van der Waals surface area contributed by atoms with E-state index in [1.165, 1.54) is 5.69 Å². The van der Waals surface area contributed by atoms with Gasteiger partial charge in [0.2, 0.25) is 0 Å². The van der Waals surface area contributed by atoms with E-state index in [0.717, 1.165) is 57.9 Å². The Balaban J connectivity index is 0.00000420. The van der Waals surface area contributed by atoms with Gasteiger partial charge in [0.1, 0.15) is 0 Å². The Bertz CT molecular complexity index is 606. The fraction of sp³-hybridized carbons (Fsp3) is 0.619. The fourth-order valence-corrected chi connectivity index (χ4v) is 3.39. The minimum absolute atomic E-state index is 0. The first kappa shape index (κ1) is 25.3. The molecule has 8 heteroatoms. The van der Waals surface area contributed by atoms with Gasteiger partial charge in [-0.05, 0) is 45.2 Å². The van der Waals surface area contributed by atoms with Crippen molar-refractivity contribution in [2.75, 3.05) is 51.3 Å². The number of nitrogens with zero attached hydrogens (tertiary/aromatic N) is 3. The molecule has 1 aromatic carbocycles. The summed E-state index contributed by atoms with van der Waals surface area (Å²) in [6.07, 6.45) is 2.63. The standard InChI is InChI=1S/C21H35N5O2.HI/c1-4-25(19-10-7-6-8-11-19)15-9-14-23-20(22-3)24-18-12-16-26(17-13-18)21(27)28-5-2;/h6-8,10-11,18H,4-5,9,12-17H2,1-3H3,(H2,22,23,24);1H. The molecule has 0 aromatic heterocycles. The predicted molar refractivity (Wildman–Crippen MR) is 130 cm³/mol. The van der Waals surface area contributed by atoms with E-state index in [0.29, 0.717) is 12.6 Å². The van der Waals surface area contributed by atoms with Crippen LogP contribution in [0.3, 0.4) is 0 Å². The smallest absolute Gasteiger partial charge is 0.409 e. The lowest BCUT2D eigenvalue weighted by molar-refractivity contribution is 0.0963. The van der Waals surface area contributed by atoms with Crippen molar-refractivity contribution < 1.29 is 9.53 Å². The zero-order chi connectivity index (χ0) is 20.2. The molecule has 29 heavy (non-hydrogen) atoms. The van der Waals surface area contributed by atoms with E-state index in [1.54, 1.807) is 11.9 Å². The van der Waals surface area contributed by atoms with Gasteiger partial charge in [-0.15, -0.1) is 24.0 Å². The Kier molecular flexibility index (Phi) is 12.5. The van der Waals surface area contributed by atoms with Crippen molar-refractivity contribution >= 4 is 41.7 Å². The Morgan fingerprint density at radius 1 is 1.24 bits per heavy atom. The van der Waals surface area contributed by atoms with Crippen molar-refractivity contribution in [1.82, 2.24) is 15.5 Å². The molecular formula is C21H36IN5O2. The largest absolute Gasteiger partial charge is 0.450 e. The van der Waals surface area contributed by atoms with Crippen LogP contribution in [0.5, 0.6) is 0 Å². The number of amides is 1. The molecular weight excluding hydrogens is 481 g/mol. The van der Waals surface area contributed by atoms with Gasteiger partial charge in [-0.3, -0.25) is 4.99 Å². The second kappa shape index (κ2) is 14.3. The number of anilines is 1. The summed E-state index contributed by atoms with van der Waals surface area (Å²) in [5.74, 6) is 0.831. The van der Waals surface area contributed by atoms with Gasteiger partial charge >= 0.3 is 6.09 Å². The topological polar surface area (TPSA) is 69.2 Å². The number of hydrogen-bond donors (Lipinski definition) is 2. The maximum Gasteiger partial charge on any atom is 0.409 e. The Labute approximate surface area is 192 Å². The predicted octanol–water partition coefficient (Wildman–Crippen LogP) is 3.31. The number of ether oxygens (including phenoxy) is 1. The molecule has 1 amide bonds. The third-order valence-corrected chi connectivity index (χ3v) is 4.99. The molecule has 1 aromatic rings. The molecule has 1 saturated heterocycles. The van der Waals surface area contributed by atoms with Crippen LogP contribution in [0.1, 0.15) is 33.1 Å². The van der Waals surface area contributed by atoms with Crippen molar-refractivity contribution in [3.05, 3.63) is 30.3 Å². The number of piperidine rings is 1. The highest BCUT2D eigenvalue weighted by atomic mass is 127. The first-order chi connectivity index (χ1) is 13.7. The van der Waals surface area contributed by atoms with E-state index in [2.05, 4.69) is 51.7 Å². The monoisotopic (exact) mass is 517 g/mol. The first-order valence-electron chi connectivity index (χ1n) is 10.4. The Morgan fingerprint density at radius 3 is 2.52 bits per heavy atom. The molecule has 0 unspecified atom stereocenters. The van der Waals surface area contributed by atoms with Gasteiger partial charge in [0.05, 0.1) is 6.61 Å². The zero-order valence-corrected chi connectivity index (χ0v) is 20.2. The van der Waals surface area contributed by atoms with Crippen LogP contribution in [-0.4, -0.2) is 69.4 Å². The number of aliphatic imine (C=N–C) groups is 1. The quantitative estimate of drug-likeness (QED) is 0.240. The molecule has 0 aliphatic carbocycles. The molecule has 0 saturated carbocycles. The van der Waals surface area contributed by atoms with Crippen LogP contribution in [0, 0.1) is 0 Å². The van der Waals surface area contributed by atoms with Gasteiger partial charge in [0, 0.05) is 51.5 Å². The van der Waals surface area contributed by atoms with E-state index in [1.807, 2.05) is 13.0 Å². The van der Waals surface area contributed by atoms with E-state index in [4.69, 9.17) is 4.74 Å². The number of likely N-dealkylation sites (tertiary alicyclic amines) is 1. The maximum absolute atomic E-state index is 11.8. The van der Waals surface area contributed by atoms with Gasteiger partial charge in [0.15, 0.2) is 5.96 Å². The van der Waals surface area contributed by atoms with Gasteiger partial charge < -0.3 is 25.2 Å². The third-order valence-electron chi connectivity index (χ3n) is 4.99. The average molecular weight is 517 g/mol. The second-order valence-electron chi connectivity index (χ2n) is 6.87. The molecule has 1 heterocycles. The summed E-state index contributed by atoms with van der Waals surface area (Å²) in [5.41, 5.74) is 1.26. The molecule has 0 radical (unpaired) electrons. The van der Waals surface area contributed by atoms with Crippen LogP contribution in [0.15, 0.2) is 35.3 Å². The van der Waals surface area contributed by atoms with Crippen molar-refractivity contribution in [3.8, 4) is 0 Å². The van der Waals surface area contributed by atoms with E-state index >= 15 is 0 Å². The molecule has 164 valence electrons. The number of nitrogens with one attached hydrogen (secondary N) is 2. The number of para-hydroxylation sites is 1. The summed E-state index contributed by atoms with van der Waals surface area (Å²) in [6, 6.07) is 10.8. The minimum atomic E-state index is -0.206. The molecule has 7 nitrogen and oxygen atoms in total. The number of guanidine groups is 1. The first-order valence-corrected chi connectivity index (χ1v) is 10.4. The van der Waals surface area contributed by atoms with Crippen LogP contribution < -0.4 is 15.5 Å². The maximum atomic E-state index is 11.8. The highest BCUT2D eigenvalue weighted by molar-refractivity contribution is 14.0. The van der Waals surface area contributed by atoms with Gasteiger partial charge in [0.25, 0.3) is 0 Å². The lowest BCUT2D eigenvalue weighted by Crippen LogP contribution is -2.50. The summed E-state index contributed by atoms with van der Waals surface area (Å²) in [4.78, 5) is 20.3. The highest BCUT2D eigenvalue weighted by Gasteiger charge is 2.23. The molecule has 0 spiro atoms. The SMILES string of the molecule is CCOC(=O)N1CCC(NC(=NC)NCCCN(CC)c2ccccc2)CC1.I. The highest BCUT2D eigenvalue weighted by Crippen LogP contribution is 2.13. The van der Waals surface area contributed by atoms with Crippen molar-refractivity contribution in [1.29, 1.82) is 0 Å². The van der Waals surface area contributed by atoms with Crippen LogP contribution in [0.25, 0.3) is 0 Å². The number of rotatable bonds is 8. The summed E-state index contributed by atoms with van der Waals surface area (Å²) < 4.78 is 5.07.